The molecule has 0 aromatic rings. The minimum absolute atomic E-state index is 0.0283. The first-order valence-electron chi connectivity index (χ1n) is 10.6. The van der Waals surface area contributed by atoms with Crippen molar-refractivity contribution in [1.82, 2.24) is 15.6 Å². The standard InChI is InChI=1S/C20H32N4O3S/c1-24-12-13-28-20(24)23-22-19(27)17(25)16(14-8-4-2-5-9-14)21-18(26)15-10-6-3-7-11-15/h14-16H,2-13H2,1H3,(H,21,26)(H,22,27)/t16-/m0/s1. The molecule has 0 bridgehead atoms. The lowest BCUT2D eigenvalue weighted by Crippen LogP contribution is -2.52. The number of amidine groups is 1. The summed E-state index contributed by atoms with van der Waals surface area (Å²) in [6, 6.07) is -0.733. The third kappa shape index (κ3) is 5.49. The van der Waals surface area contributed by atoms with Gasteiger partial charge >= 0.3 is 5.91 Å². The van der Waals surface area contributed by atoms with Crippen LogP contribution in [0.5, 0.6) is 0 Å². The number of amides is 2. The van der Waals surface area contributed by atoms with Gasteiger partial charge in [-0.05, 0) is 31.6 Å². The van der Waals surface area contributed by atoms with E-state index in [2.05, 4.69) is 15.8 Å². The van der Waals surface area contributed by atoms with Crippen LogP contribution in [0.3, 0.4) is 0 Å². The molecule has 2 saturated carbocycles. The zero-order valence-corrected chi connectivity index (χ0v) is 17.6. The summed E-state index contributed by atoms with van der Waals surface area (Å²) in [5.74, 6) is -0.426. The normalized spacial score (nSPS) is 24.2. The first-order chi connectivity index (χ1) is 13.6. The van der Waals surface area contributed by atoms with Crippen molar-refractivity contribution in [1.29, 1.82) is 0 Å². The monoisotopic (exact) mass is 408 g/mol. The number of Topliss-reactive ketones (excluding diaryl/α,β-unsaturated/α-hetero) is 1. The number of hydrogen-bond acceptors (Lipinski definition) is 5. The third-order valence-corrected chi connectivity index (χ3v) is 7.19. The number of nitrogens with zero attached hydrogens (tertiary/aromatic N) is 2. The van der Waals surface area contributed by atoms with E-state index >= 15 is 0 Å². The quantitative estimate of drug-likeness (QED) is 0.520. The molecule has 0 aromatic heterocycles. The fraction of sp³-hybridized carbons (Fsp3) is 0.800. The molecule has 8 heteroatoms. The van der Waals surface area contributed by atoms with Crippen LogP contribution in [-0.2, 0) is 14.4 Å². The first kappa shape index (κ1) is 21.1. The lowest BCUT2D eigenvalue weighted by Gasteiger charge is -2.31. The molecule has 0 radical (unpaired) electrons. The van der Waals surface area contributed by atoms with Crippen molar-refractivity contribution in [2.75, 3.05) is 19.3 Å². The molecule has 7 nitrogen and oxygen atoms in total. The first-order valence-corrected chi connectivity index (χ1v) is 11.6. The van der Waals surface area contributed by atoms with Gasteiger partial charge in [-0.3, -0.25) is 14.4 Å². The van der Waals surface area contributed by atoms with Gasteiger partial charge in [-0.25, -0.2) is 5.43 Å². The van der Waals surface area contributed by atoms with Gasteiger partial charge in [0.15, 0.2) is 5.17 Å². The summed E-state index contributed by atoms with van der Waals surface area (Å²) < 4.78 is 0. The van der Waals surface area contributed by atoms with Crippen LogP contribution in [0.15, 0.2) is 5.10 Å². The third-order valence-electron chi connectivity index (χ3n) is 6.14. The SMILES string of the molecule is CN1CCSC1=NNC(=O)C(=O)[C@@H](NC(=O)C1CCCCC1)C1CCCCC1. The van der Waals surface area contributed by atoms with Crippen molar-refractivity contribution in [3.05, 3.63) is 0 Å². The number of rotatable bonds is 6. The van der Waals surface area contributed by atoms with E-state index in [1.165, 1.54) is 6.42 Å². The van der Waals surface area contributed by atoms with Gasteiger partial charge < -0.3 is 10.2 Å². The number of ketones is 1. The summed E-state index contributed by atoms with van der Waals surface area (Å²) in [6.07, 6.45) is 10.0. The van der Waals surface area contributed by atoms with Crippen LogP contribution in [-0.4, -0.2) is 53.1 Å². The Balaban J connectivity index is 1.65. The van der Waals surface area contributed by atoms with Crippen molar-refractivity contribution in [3.8, 4) is 0 Å². The topological polar surface area (TPSA) is 90.9 Å². The van der Waals surface area contributed by atoms with E-state index < -0.39 is 17.7 Å². The molecule has 0 unspecified atom stereocenters. The summed E-state index contributed by atoms with van der Waals surface area (Å²) in [4.78, 5) is 40.1. The molecule has 0 spiro atoms. The molecule has 1 saturated heterocycles. The maximum atomic E-state index is 12.9. The molecular weight excluding hydrogens is 376 g/mol. The number of hydrazone groups is 1. The van der Waals surface area contributed by atoms with E-state index in [1.54, 1.807) is 11.8 Å². The summed E-state index contributed by atoms with van der Waals surface area (Å²) in [7, 11) is 1.90. The molecule has 0 aromatic carbocycles. The smallest absolute Gasteiger partial charge is 0.309 e. The Hall–Kier alpha value is -1.57. The molecule has 3 aliphatic rings. The molecule has 28 heavy (non-hydrogen) atoms. The van der Waals surface area contributed by atoms with Gasteiger partial charge in [-0.1, -0.05) is 50.3 Å². The molecule has 2 N–H and O–H groups in total. The Morgan fingerprint density at radius 2 is 1.68 bits per heavy atom. The maximum absolute atomic E-state index is 12.9. The largest absolute Gasteiger partial charge is 0.352 e. The van der Waals surface area contributed by atoms with Crippen LogP contribution >= 0.6 is 11.8 Å². The maximum Gasteiger partial charge on any atom is 0.309 e. The molecule has 3 fully saturated rings. The van der Waals surface area contributed by atoms with Crippen LogP contribution in [0.2, 0.25) is 0 Å². The zero-order chi connectivity index (χ0) is 19.9. The van der Waals surface area contributed by atoms with Gasteiger partial charge in [0.25, 0.3) is 0 Å². The predicted octanol–water partition coefficient (Wildman–Crippen LogP) is 2.27. The summed E-state index contributed by atoms with van der Waals surface area (Å²) in [5.41, 5.74) is 2.41. The average Bonchev–Trinajstić information content (AvgIpc) is 3.15. The fourth-order valence-corrected chi connectivity index (χ4v) is 5.36. The highest BCUT2D eigenvalue weighted by molar-refractivity contribution is 8.14. The van der Waals surface area contributed by atoms with Crippen LogP contribution in [0, 0.1) is 11.8 Å². The Labute approximate surface area is 171 Å². The average molecular weight is 409 g/mol. The summed E-state index contributed by atoms with van der Waals surface area (Å²) in [5, 5.41) is 7.76. The Morgan fingerprint density at radius 3 is 2.29 bits per heavy atom. The van der Waals surface area contributed by atoms with Gasteiger partial charge in [0.2, 0.25) is 11.7 Å². The van der Waals surface area contributed by atoms with E-state index in [0.717, 1.165) is 70.1 Å². The number of hydrogen-bond donors (Lipinski definition) is 2. The van der Waals surface area contributed by atoms with E-state index in [-0.39, 0.29) is 17.7 Å². The van der Waals surface area contributed by atoms with Crippen molar-refractivity contribution in [2.45, 2.75) is 70.3 Å². The molecule has 3 rings (SSSR count). The number of carbonyl (C=O) groups excluding carboxylic acids is 3. The molecule has 2 amide bonds. The van der Waals surface area contributed by atoms with Crippen molar-refractivity contribution in [2.24, 2.45) is 16.9 Å². The van der Waals surface area contributed by atoms with Crippen LogP contribution in [0.1, 0.15) is 64.2 Å². The van der Waals surface area contributed by atoms with Crippen molar-refractivity contribution in [3.63, 3.8) is 0 Å². The van der Waals surface area contributed by atoms with E-state index in [9.17, 15) is 14.4 Å². The summed E-state index contributed by atoms with van der Waals surface area (Å²) >= 11 is 1.55. The van der Waals surface area contributed by atoms with E-state index in [0.29, 0.717) is 5.17 Å². The summed E-state index contributed by atoms with van der Waals surface area (Å²) in [6.45, 7) is 0.870. The van der Waals surface area contributed by atoms with Crippen molar-refractivity contribution < 1.29 is 14.4 Å². The second kappa shape index (κ2) is 10.3. The molecule has 1 atom stereocenters. The Kier molecular flexibility index (Phi) is 7.76. The van der Waals surface area contributed by atoms with Gasteiger partial charge in [-0.15, -0.1) is 5.10 Å². The number of thioether (sulfide) groups is 1. The highest BCUT2D eigenvalue weighted by Crippen LogP contribution is 2.29. The molecule has 1 heterocycles. The lowest BCUT2D eigenvalue weighted by atomic mass is 9.81. The van der Waals surface area contributed by atoms with Crippen LogP contribution < -0.4 is 10.7 Å². The minimum Gasteiger partial charge on any atom is -0.352 e. The van der Waals surface area contributed by atoms with Gasteiger partial charge in [0.1, 0.15) is 6.04 Å². The van der Waals surface area contributed by atoms with E-state index in [1.807, 2.05) is 11.9 Å². The molecule has 1 aliphatic heterocycles. The minimum atomic E-state index is -0.733. The predicted molar refractivity (Wildman–Crippen MR) is 111 cm³/mol. The van der Waals surface area contributed by atoms with Gasteiger partial charge in [0, 0.05) is 25.3 Å². The highest BCUT2D eigenvalue weighted by atomic mass is 32.2. The number of carbonyl (C=O) groups is 3. The molecule has 2 aliphatic carbocycles. The van der Waals surface area contributed by atoms with Crippen LogP contribution in [0.25, 0.3) is 0 Å². The van der Waals surface area contributed by atoms with Crippen LogP contribution in [0.4, 0.5) is 0 Å². The second-order valence-electron chi connectivity index (χ2n) is 8.19. The fourth-order valence-electron chi connectivity index (χ4n) is 4.39. The highest BCUT2D eigenvalue weighted by Gasteiger charge is 2.36. The lowest BCUT2D eigenvalue weighted by molar-refractivity contribution is -0.141. The molecular formula is C20H32N4O3S. The van der Waals surface area contributed by atoms with Crippen molar-refractivity contribution >= 4 is 34.5 Å². The molecule has 156 valence electrons. The van der Waals surface area contributed by atoms with E-state index in [4.69, 9.17) is 0 Å². The van der Waals surface area contributed by atoms with Gasteiger partial charge in [-0.2, -0.15) is 0 Å². The second-order valence-corrected chi connectivity index (χ2v) is 9.25. The Morgan fingerprint density at radius 1 is 1.04 bits per heavy atom. The zero-order valence-electron chi connectivity index (χ0n) is 16.7. The Bertz CT molecular complexity index is 613. The number of nitrogens with one attached hydrogen (secondary N) is 2. The van der Waals surface area contributed by atoms with Gasteiger partial charge in [0.05, 0.1) is 0 Å².